The summed E-state index contributed by atoms with van der Waals surface area (Å²) >= 11 is 1.54. The number of halogens is 1. The van der Waals surface area contributed by atoms with Crippen molar-refractivity contribution in [2.45, 2.75) is 75.4 Å². The van der Waals surface area contributed by atoms with E-state index in [1.807, 2.05) is 6.92 Å². The Labute approximate surface area is 243 Å². The van der Waals surface area contributed by atoms with Gasteiger partial charge in [-0.1, -0.05) is 6.42 Å². The number of rotatable bonds is 5. The van der Waals surface area contributed by atoms with Gasteiger partial charge in [0.05, 0.1) is 22.6 Å². The first-order valence-electron chi connectivity index (χ1n) is 14.8. The van der Waals surface area contributed by atoms with Gasteiger partial charge in [0.1, 0.15) is 23.8 Å². The molecule has 4 aliphatic heterocycles. The highest BCUT2D eigenvalue weighted by atomic mass is 32.1. The molecule has 0 aromatic carbocycles. The van der Waals surface area contributed by atoms with Crippen molar-refractivity contribution in [1.29, 1.82) is 10.5 Å². The van der Waals surface area contributed by atoms with E-state index in [1.54, 1.807) is 11.3 Å². The van der Waals surface area contributed by atoms with Gasteiger partial charge in [-0.25, -0.2) is 4.39 Å². The third-order valence-corrected chi connectivity index (χ3v) is 11.2. The molecule has 1 aliphatic carbocycles. The number of nitrogen functional groups attached to an aromatic ring is 1. The second-order valence-electron chi connectivity index (χ2n) is 13.0. The van der Waals surface area contributed by atoms with Crippen LogP contribution in [0.3, 0.4) is 0 Å². The van der Waals surface area contributed by atoms with Crippen molar-refractivity contribution < 1.29 is 9.13 Å². The molecule has 0 radical (unpaired) electrons. The minimum atomic E-state index is -0.831. The van der Waals surface area contributed by atoms with Crippen LogP contribution in [-0.2, 0) is 11.8 Å². The first kappa shape index (κ1) is 26.7. The summed E-state index contributed by atoms with van der Waals surface area (Å²) in [4.78, 5) is 22.1. The average Bonchev–Trinajstić information content (AvgIpc) is 3.62. The Morgan fingerprint density at radius 2 is 1.85 bits per heavy atom. The Bertz CT molecular complexity index is 1440. The number of anilines is 3. The van der Waals surface area contributed by atoms with Crippen molar-refractivity contribution in [1.82, 2.24) is 19.9 Å². The van der Waals surface area contributed by atoms with Crippen LogP contribution in [0.15, 0.2) is 0 Å². The molecule has 2 aromatic heterocycles. The van der Waals surface area contributed by atoms with Crippen LogP contribution in [0.25, 0.3) is 0 Å². The van der Waals surface area contributed by atoms with Crippen molar-refractivity contribution in [2.75, 3.05) is 61.4 Å². The van der Waals surface area contributed by atoms with E-state index in [4.69, 9.17) is 25.4 Å². The molecule has 10 nitrogen and oxygen atoms in total. The van der Waals surface area contributed by atoms with Gasteiger partial charge in [-0.15, -0.1) is 11.3 Å². The van der Waals surface area contributed by atoms with Crippen molar-refractivity contribution >= 4 is 28.2 Å². The molecular weight excluding hydrogens is 541 g/mol. The van der Waals surface area contributed by atoms with Crippen LogP contribution in [0.2, 0.25) is 0 Å². The third-order valence-electron chi connectivity index (χ3n) is 10.1. The van der Waals surface area contributed by atoms with Crippen LogP contribution in [0.1, 0.15) is 67.9 Å². The molecule has 2 N–H and O–H groups in total. The van der Waals surface area contributed by atoms with E-state index in [0.29, 0.717) is 61.7 Å². The maximum atomic E-state index is 14.4. The molecular formula is C29H36FN9OS. The zero-order chi connectivity index (χ0) is 28.4. The molecule has 0 bridgehead atoms. The maximum absolute atomic E-state index is 14.4. The highest BCUT2D eigenvalue weighted by molar-refractivity contribution is 7.16. The molecule has 5 aliphatic rings. The van der Waals surface area contributed by atoms with Crippen molar-refractivity contribution in [3.8, 4) is 18.1 Å². The van der Waals surface area contributed by atoms with Gasteiger partial charge in [-0.3, -0.25) is 4.90 Å². The molecule has 0 amide bonds. The number of hydrogen-bond donors (Lipinski definition) is 1. The quantitative estimate of drug-likeness (QED) is 0.563. The third kappa shape index (κ3) is 4.38. The molecule has 3 atom stereocenters. The van der Waals surface area contributed by atoms with Crippen LogP contribution < -0.4 is 20.3 Å². The highest BCUT2D eigenvalue weighted by Gasteiger charge is 2.53. The normalized spacial score (nSPS) is 30.4. The predicted octanol–water partition coefficient (Wildman–Crippen LogP) is 3.57. The van der Waals surface area contributed by atoms with Gasteiger partial charge in [0.2, 0.25) is 11.9 Å². The Hall–Kier alpha value is -3.22. The van der Waals surface area contributed by atoms with E-state index >= 15 is 0 Å². The minimum absolute atomic E-state index is 0.117. The lowest BCUT2D eigenvalue weighted by Crippen LogP contribution is -2.59. The fraction of sp³-hybridized carbons (Fsp3) is 0.690. The van der Waals surface area contributed by atoms with Gasteiger partial charge in [-0.2, -0.15) is 25.5 Å². The zero-order valence-electron chi connectivity index (χ0n) is 23.5. The molecule has 4 fully saturated rings. The Morgan fingerprint density at radius 1 is 1.05 bits per heavy atom. The fourth-order valence-electron chi connectivity index (χ4n) is 7.95. The lowest BCUT2D eigenvalue weighted by Gasteiger charge is -2.48. The molecule has 12 heteroatoms. The lowest BCUT2D eigenvalue weighted by molar-refractivity contribution is 0.107. The monoisotopic (exact) mass is 577 g/mol. The molecule has 41 heavy (non-hydrogen) atoms. The molecule has 216 valence electrons. The van der Waals surface area contributed by atoms with E-state index in [0.717, 1.165) is 63.6 Å². The van der Waals surface area contributed by atoms with Gasteiger partial charge in [-0.05, 0) is 57.6 Å². The smallest absolute Gasteiger partial charge is 0.323 e. The van der Waals surface area contributed by atoms with Gasteiger partial charge < -0.3 is 20.3 Å². The summed E-state index contributed by atoms with van der Waals surface area (Å²) in [7, 11) is 0. The Balaban J connectivity index is 1.18. The largest absolute Gasteiger partial charge is 0.461 e. The minimum Gasteiger partial charge on any atom is -0.461 e. The molecule has 1 spiro atoms. The number of alkyl halides is 1. The number of fused-ring (bicyclic) bond motifs is 3. The van der Waals surface area contributed by atoms with Crippen LogP contribution >= 0.6 is 11.3 Å². The maximum Gasteiger partial charge on any atom is 0.323 e. The predicted molar refractivity (Wildman–Crippen MR) is 154 cm³/mol. The van der Waals surface area contributed by atoms with Crippen molar-refractivity contribution in [3.63, 3.8) is 0 Å². The standard InChI is InChI=1S/C29H36FN9OS/c1-27(14-32)6-2-3-9-37(15-27)24-34-25(36-26(35-24)40-18-29-7-4-10-39(29)13-19(30)11-29)38-16-28(17-38)8-5-21-22(28)20(12-31)23(33)41-21/h19H,2-11,13,15-18,33H2,1H3/t19-,27?,29+/m1/s1. The first-order valence-corrected chi connectivity index (χ1v) is 15.6. The van der Waals surface area contributed by atoms with Crippen LogP contribution in [0.5, 0.6) is 6.01 Å². The lowest BCUT2D eigenvalue weighted by atomic mass is 9.74. The summed E-state index contributed by atoms with van der Waals surface area (Å²) < 4.78 is 20.7. The van der Waals surface area contributed by atoms with E-state index < -0.39 is 11.6 Å². The topological polar surface area (TPSA) is 131 Å². The summed E-state index contributed by atoms with van der Waals surface area (Å²) in [5.41, 5.74) is 7.02. The molecule has 0 saturated carbocycles. The Kier molecular flexibility index (Phi) is 6.29. The SMILES string of the molecule is CC1(C#N)CCCCN(c2nc(OC[C@@]34CCCN3C[C@H](F)C4)nc(N3CC4(CCc5sc(N)c(C#N)c54)C3)n2)C1. The number of nitriles is 2. The number of aromatic nitrogens is 3. The summed E-state index contributed by atoms with van der Waals surface area (Å²) in [6.07, 6.45) is 6.29. The van der Waals surface area contributed by atoms with Crippen LogP contribution in [0, 0.1) is 28.1 Å². The average molecular weight is 578 g/mol. The fourth-order valence-corrected chi connectivity index (χ4v) is 9.09. The summed E-state index contributed by atoms with van der Waals surface area (Å²) in [6.45, 7) is 6.41. The highest BCUT2D eigenvalue weighted by Crippen LogP contribution is 2.52. The first-order chi connectivity index (χ1) is 19.8. The van der Waals surface area contributed by atoms with Crippen LogP contribution in [-0.4, -0.2) is 77.4 Å². The second-order valence-corrected chi connectivity index (χ2v) is 14.2. The number of hydrogen-bond acceptors (Lipinski definition) is 11. The van der Waals surface area contributed by atoms with Crippen LogP contribution in [0.4, 0.5) is 21.3 Å². The summed E-state index contributed by atoms with van der Waals surface area (Å²) in [6, 6.07) is 5.10. The summed E-state index contributed by atoms with van der Waals surface area (Å²) in [5, 5.41) is 20.3. The Morgan fingerprint density at radius 3 is 2.63 bits per heavy atom. The molecule has 7 rings (SSSR count). The number of nitrogens with zero attached hydrogens (tertiary/aromatic N) is 8. The van der Waals surface area contributed by atoms with Crippen molar-refractivity contribution in [2.24, 2.45) is 5.41 Å². The number of thiophene rings is 1. The van der Waals surface area contributed by atoms with Gasteiger partial charge in [0.25, 0.3) is 0 Å². The molecule has 1 unspecified atom stereocenters. The van der Waals surface area contributed by atoms with E-state index in [2.05, 4.69) is 26.8 Å². The van der Waals surface area contributed by atoms with Gasteiger partial charge >= 0.3 is 6.01 Å². The van der Waals surface area contributed by atoms with E-state index in [-0.39, 0.29) is 17.0 Å². The number of ether oxygens (including phenoxy) is 1. The van der Waals surface area contributed by atoms with E-state index in [9.17, 15) is 14.9 Å². The zero-order valence-corrected chi connectivity index (χ0v) is 24.3. The van der Waals surface area contributed by atoms with Gasteiger partial charge in [0.15, 0.2) is 0 Å². The van der Waals surface area contributed by atoms with E-state index in [1.165, 1.54) is 4.88 Å². The second kappa shape index (κ2) is 9.67. The van der Waals surface area contributed by atoms with Crippen molar-refractivity contribution in [3.05, 3.63) is 16.0 Å². The van der Waals surface area contributed by atoms with Gasteiger partial charge in [0, 0.05) is 49.4 Å². The molecule has 6 heterocycles. The molecule has 2 aromatic rings. The summed E-state index contributed by atoms with van der Waals surface area (Å²) in [5.74, 6) is 1.07. The number of nitrogens with two attached hydrogens (primary N) is 1. The number of aryl methyl sites for hydroxylation is 1. The molecule has 4 saturated heterocycles.